The highest BCUT2D eigenvalue weighted by atomic mass is 35.5. The summed E-state index contributed by atoms with van der Waals surface area (Å²) in [5.74, 6) is 1.02. The van der Waals surface area contributed by atoms with Crippen LogP contribution in [0.3, 0.4) is 0 Å². The van der Waals surface area contributed by atoms with E-state index in [4.69, 9.17) is 21.1 Å². The molecule has 0 radical (unpaired) electrons. The molecule has 0 spiro atoms. The summed E-state index contributed by atoms with van der Waals surface area (Å²) >= 11 is 5.99. The highest BCUT2D eigenvalue weighted by molar-refractivity contribution is 6.31. The number of Topliss-reactive ketones (excluding diaryl/α,β-unsaturated/α-hetero) is 1. The number of halogens is 1. The number of benzene rings is 1. The third kappa shape index (κ3) is 4.89. The van der Waals surface area contributed by atoms with Crippen molar-refractivity contribution < 1.29 is 14.3 Å². The highest BCUT2D eigenvalue weighted by Crippen LogP contribution is 2.31. The number of aryl methyl sites for hydroxylation is 1. The van der Waals surface area contributed by atoms with E-state index in [-0.39, 0.29) is 5.78 Å². The molecule has 1 aromatic rings. The summed E-state index contributed by atoms with van der Waals surface area (Å²) in [7, 11) is 4.86. The molecule has 0 aliphatic rings. The first-order chi connectivity index (χ1) is 11.0. The maximum atomic E-state index is 12.7. The van der Waals surface area contributed by atoms with Crippen molar-refractivity contribution in [3.05, 3.63) is 58.3 Å². The fourth-order valence-corrected chi connectivity index (χ4v) is 2.21. The van der Waals surface area contributed by atoms with Crippen molar-refractivity contribution in [2.75, 3.05) is 21.3 Å². The van der Waals surface area contributed by atoms with Crippen LogP contribution in [0.1, 0.15) is 22.8 Å². The van der Waals surface area contributed by atoms with Gasteiger partial charge in [-0.3, -0.25) is 4.79 Å². The average molecular weight is 336 g/mol. The Bertz CT molecular complexity index is 660. The van der Waals surface area contributed by atoms with E-state index in [9.17, 15) is 4.79 Å². The molecule has 1 aromatic carbocycles. The van der Waals surface area contributed by atoms with Gasteiger partial charge in [-0.2, -0.15) is 0 Å². The van der Waals surface area contributed by atoms with E-state index in [0.717, 1.165) is 5.56 Å². The summed E-state index contributed by atoms with van der Waals surface area (Å²) in [4.78, 5) is 12.7. The average Bonchev–Trinajstić information content (AvgIpc) is 2.55. The zero-order chi connectivity index (χ0) is 17.4. The van der Waals surface area contributed by atoms with Crippen molar-refractivity contribution in [1.82, 2.24) is 5.32 Å². The minimum atomic E-state index is -0.101. The number of carbonyl (C=O) groups is 1. The lowest BCUT2D eigenvalue weighted by molar-refractivity contribution is 0.103. The van der Waals surface area contributed by atoms with E-state index in [1.54, 1.807) is 57.8 Å². The van der Waals surface area contributed by atoms with Crippen molar-refractivity contribution in [3.63, 3.8) is 0 Å². The van der Waals surface area contributed by atoms with Gasteiger partial charge in [-0.1, -0.05) is 17.7 Å². The van der Waals surface area contributed by atoms with Gasteiger partial charge in [0.2, 0.25) is 0 Å². The van der Waals surface area contributed by atoms with Gasteiger partial charge in [0.05, 0.1) is 19.3 Å². The molecule has 23 heavy (non-hydrogen) atoms. The third-order valence-corrected chi connectivity index (χ3v) is 3.49. The van der Waals surface area contributed by atoms with Gasteiger partial charge in [0.1, 0.15) is 0 Å². The standard InChI is InChI=1S/C18H22ClNO3/c1-6-13(7-8-14(19)11-20-3)18(21)15-10-17(23-5)16(22-4)9-12(15)2/h6-11,20H,1-5H3/b8-7-,13-6+,14-11-. The van der Waals surface area contributed by atoms with E-state index >= 15 is 0 Å². The summed E-state index contributed by atoms with van der Waals surface area (Å²) in [6.07, 6.45) is 6.74. The van der Waals surface area contributed by atoms with Crippen LogP contribution < -0.4 is 14.8 Å². The van der Waals surface area contributed by atoms with E-state index in [2.05, 4.69) is 5.32 Å². The van der Waals surface area contributed by atoms with Crippen LogP contribution in [0, 0.1) is 6.92 Å². The third-order valence-electron chi connectivity index (χ3n) is 3.25. The highest BCUT2D eigenvalue weighted by Gasteiger charge is 2.16. The number of nitrogens with one attached hydrogen (secondary N) is 1. The summed E-state index contributed by atoms with van der Waals surface area (Å²) < 4.78 is 10.5. The lowest BCUT2D eigenvalue weighted by atomic mass is 9.97. The summed E-state index contributed by atoms with van der Waals surface area (Å²) in [6, 6.07) is 3.48. The Morgan fingerprint density at radius 2 is 1.78 bits per heavy atom. The number of carbonyl (C=O) groups excluding carboxylic acids is 1. The molecule has 0 saturated heterocycles. The molecule has 0 bridgehead atoms. The monoisotopic (exact) mass is 335 g/mol. The zero-order valence-electron chi connectivity index (χ0n) is 14.1. The van der Waals surface area contributed by atoms with Crippen molar-refractivity contribution in [1.29, 1.82) is 0 Å². The van der Waals surface area contributed by atoms with Crippen LogP contribution in [-0.4, -0.2) is 27.1 Å². The molecule has 4 nitrogen and oxygen atoms in total. The van der Waals surface area contributed by atoms with Crippen molar-refractivity contribution in [2.24, 2.45) is 0 Å². The molecule has 0 aliphatic carbocycles. The minimum absolute atomic E-state index is 0.101. The topological polar surface area (TPSA) is 47.6 Å². The van der Waals surface area contributed by atoms with Crippen LogP contribution in [0.2, 0.25) is 0 Å². The smallest absolute Gasteiger partial charge is 0.193 e. The molecular weight excluding hydrogens is 314 g/mol. The van der Waals surface area contributed by atoms with Crippen molar-refractivity contribution >= 4 is 17.4 Å². The molecule has 5 heteroatoms. The van der Waals surface area contributed by atoms with E-state index in [0.29, 0.717) is 27.7 Å². The molecule has 0 atom stereocenters. The molecular formula is C18H22ClNO3. The van der Waals surface area contributed by atoms with Gasteiger partial charge in [0.15, 0.2) is 17.3 Å². The van der Waals surface area contributed by atoms with Crippen LogP contribution in [-0.2, 0) is 0 Å². The summed E-state index contributed by atoms with van der Waals surface area (Å²) in [6.45, 7) is 3.67. The Kier molecular flexibility index (Phi) is 7.42. The second-order valence-electron chi connectivity index (χ2n) is 4.75. The fraction of sp³-hybridized carbons (Fsp3) is 0.278. The molecule has 0 aliphatic heterocycles. The number of hydrogen-bond donors (Lipinski definition) is 1. The predicted octanol–water partition coefficient (Wildman–Crippen LogP) is 4.00. The number of hydrogen-bond acceptors (Lipinski definition) is 4. The second-order valence-corrected chi connectivity index (χ2v) is 5.18. The van der Waals surface area contributed by atoms with Crippen molar-refractivity contribution in [3.8, 4) is 11.5 Å². The fourth-order valence-electron chi connectivity index (χ4n) is 2.04. The number of methoxy groups -OCH3 is 2. The van der Waals surface area contributed by atoms with Gasteiger partial charge in [0.25, 0.3) is 0 Å². The van der Waals surface area contributed by atoms with Gasteiger partial charge < -0.3 is 14.8 Å². The first-order valence-corrected chi connectivity index (χ1v) is 7.50. The van der Waals surface area contributed by atoms with Gasteiger partial charge >= 0.3 is 0 Å². The molecule has 1 N–H and O–H groups in total. The molecule has 0 aromatic heterocycles. The molecule has 0 unspecified atom stereocenters. The lowest BCUT2D eigenvalue weighted by Gasteiger charge is -2.12. The molecule has 1 rings (SSSR count). The first-order valence-electron chi connectivity index (χ1n) is 7.13. The molecule has 124 valence electrons. The number of rotatable bonds is 7. The molecule has 0 amide bonds. The SMILES string of the molecule is C\C=C(/C=C\C(Cl)=C\NC)C(=O)c1cc(OC)c(OC)cc1C. The van der Waals surface area contributed by atoms with E-state index in [1.807, 2.05) is 13.8 Å². The quantitative estimate of drug-likeness (QED) is 0.465. The molecule has 0 heterocycles. The number of ketones is 1. The van der Waals surface area contributed by atoms with Gasteiger partial charge in [-0.05, 0) is 43.7 Å². The van der Waals surface area contributed by atoms with Crippen LogP contribution in [0.15, 0.2) is 47.2 Å². The Balaban J connectivity index is 3.19. The minimum Gasteiger partial charge on any atom is -0.493 e. The van der Waals surface area contributed by atoms with Crippen LogP contribution in [0.4, 0.5) is 0 Å². The number of ether oxygens (including phenoxy) is 2. The predicted molar refractivity (Wildman–Crippen MR) is 94.5 cm³/mol. The van der Waals surface area contributed by atoms with Crippen molar-refractivity contribution in [2.45, 2.75) is 13.8 Å². The van der Waals surface area contributed by atoms with Crippen LogP contribution in [0.25, 0.3) is 0 Å². The van der Waals surface area contributed by atoms with Gasteiger partial charge in [-0.25, -0.2) is 0 Å². The second kappa shape index (κ2) is 9.06. The summed E-state index contributed by atoms with van der Waals surface area (Å²) in [5.41, 5.74) is 1.93. The Morgan fingerprint density at radius 1 is 1.17 bits per heavy atom. The largest absolute Gasteiger partial charge is 0.493 e. The van der Waals surface area contributed by atoms with Gasteiger partial charge in [-0.15, -0.1) is 0 Å². The Hall–Kier alpha value is -2.20. The maximum absolute atomic E-state index is 12.7. The van der Waals surface area contributed by atoms with E-state index < -0.39 is 0 Å². The Labute approximate surface area is 142 Å². The molecule has 0 saturated carbocycles. The normalized spacial score (nSPS) is 12.4. The Morgan fingerprint density at radius 3 is 2.30 bits per heavy atom. The van der Waals surface area contributed by atoms with E-state index in [1.165, 1.54) is 0 Å². The first kappa shape index (κ1) is 18.8. The zero-order valence-corrected chi connectivity index (χ0v) is 14.8. The lowest BCUT2D eigenvalue weighted by Crippen LogP contribution is -2.05. The summed E-state index contributed by atoms with van der Waals surface area (Å²) in [5, 5.41) is 3.33. The maximum Gasteiger partial charge on any atom is 0.193 e. The van der Waals surface area contributed by atoms with Gasteiger partial charge in [0, 0.05) is 24.4 Å². The molecule has 0 fully saturated rings. The van der Waals surface area contributed by atoms with Crippen LogP contribution in [0.5, 0.6) is 11.5 Å². The number of allylic oxidation sites excluding steroid dienone is 5. The van der Waals surface area contributed by atoms with Crippen LogP contribution >= 0.6 is 11.6 Å².